The fourth-order valence-electron chi connectivity index (χ4n) is 4.19. The zero-order valence-electron chi connectivity index (χ0n) is 19.2. The highest BCUT2D eigenvalue weighted by molar-refractivity contribution is 6.29. The van der Waals surface area contributed by atoms with Crippen LogP contribution < -0.4 is 10.2 Å². The van der Waals surface area contributed by atoms with Gasteiger partial charge in [-0.25, -0.2) is 4.79 Å². The number of carbonyl (C=O) groups excluding carboxylic acids is 2. The molecule has 178 valence electrons. The average Bonchev–Trinajstić information content (AvgIpc) is 3.43. The SMILES string of the molecule is CC(C)(C)OC(=O)N1CCC(c2ccc(C(=O)NC3CCN(c4ccc(Cl)nn4)C3)o2)CC1. The van der Waals surface area contributed by atoms with Gasteiger partial charge in [0.1, 0.15) is 11.4 Å². The van der Waals surface area contributed by atoms with Crippen molar-refractivity contribution in [3.63, 3.8) is 0 Å². The van der Waals surface area contributed by atoms with Crippen LogP contribution in [0.1, 0.15) is 62.3 Å². The third-order valence-corrected chi connectivity index (χ3v) is 6.07. The molecule has 0 radical (unpaired) electrons. The van der Waals surface area contributed by atoms with Crippen LogP contribution in [0, 0.1) is 0 Å². The second-order valence-electron chi connectivity index (χ2n) is 9.56. The molecule has 2 aromatic heterocycles. The minimum Gasteiger partial charge on any atom is -0.456 e. The smallest absolute Gasteiger partial charge is 0.410 e. The summed E-state index contributed by atoms with van der Waals surface area (Å²) in [6.45, 7) is 8.23. The van der Waals surface area contributed by atoms with Crippen LogP contribution in [0.2, 0.25) is 5.15 Å². The molecule has 1 N–H and O–H groups in total. The number of halogens is 1. The Bertz CT molecular complexity index is 979. The standard InChI is InChI=1S/C23H30ClN5O4/c1-23(2,3)33-22(31)28-11-8-15(9-12-28)17-4-5-18(32-17)21(30)25-16-10-13-29(14-16)20-7-6-19(24)26-27-20/h4-7,15-16H,8-14H2,1-3H3,(H,25,30). The lowest BCUT2D eigenvalue weighted by Gasteiger charge is -2.32. The van der Waals surface area contributed by atoms with Crippen LogP contribution in [0.3, 0.4) is 0 Å². The number of piperidine rings is 1. The Balaban J connectivity index is 1.27. The average molecular weight is 476 g/mol. The third kappa shape index (κ3) is 5.96. The van der Waals surface area contributed by atoms with Crippen LogP contribution in [-0.2, 0) is 4.74 Å². The van der Waals surface area contributed by atoms with Crippen molar-refractivity contribution in [2.45, 2.75) is 57.6 Å². The van der Waals surface area contributed by atoms with Gasteiger partial charge in [-0.1, -0.05) is 11.6 Å². The fraction of sp³-hybridized carbons (Fsp3) is 0.565. The van der Waals surface area contributed by atoms with Gasteiger partial charge in [-0.15, -0.1) is 10.2 Å². The number of amides is 2. The van der Waals surface area contributed by atoms with E-state index in [4.69, 9.17) is 20.8 Å². The first kappa shape index (κ1) is 23.4. The van der Waals surface area contributed by atoms with Gasteiger partial charge >= 0.3 is 6.09 Å². The molecule has 2 fully saturated rings. The van der Waals surface area contributed by atoms with E-state index in [1.165, 1.54) is 0 Å². The van der Waals surface area contributed by atoms with Crippen LogP contribution in [0.15, 0.2) is 28.7 Å². The summed E-state index contributed by atoms with van der Waals surface area (Å²) in [7, 11) is 0. The molecule has 1 unspecified atom stereocenters. The number of aromatic nitrogens is 2. The number of nitrogens with one attached hydrogen (secondary N) is 1. The van der Waals surface area contributed by atoms with Crippen molar-refractivity contribution in [2.24, 2.45) is 0 Å². The van der Waals surface area contributed by atoms with Gasteiger partial charge in [0, 0.05) is 38.1 Å². The lowest BCUT2D eigenvalue weighted by atomic mass is 9.95. The van der Waals surface area contributed by atoms with Crippen molar-refractivity contribution in [3.8, 4) is 0 Å². The maximum absolute atomic E-state index is 12.7. The van der Waals surface area contributed by atoms with E-state index in [0.29, 0.717) is 30.5 Å². The summed E-state index contributed by atoms with van der Waals surface area (Å²) in [4.78, 5) is 28.8. The number of carbonyl (C=O) groups is 2. The molecule has 0 saturated carbocycles. The Labute approximate surface area is 198 Å². The Kier molecular flexibility index (Phi) is 6.78. The van der Waals surface area contributed by atoms with Gasteiger partial charge in [0.05, 0.1) is 0 Å². The van der Waals surface area contributed by atoms with Crippen molar-refractivity contribution < 1.29 is 18.7 Å². The summed E-state index contributed by atoms with van der Waals surface area (Å²) >= 11 is 5.80. The number of furan rings is 1. The van der Waals surface area contributed by atoms with E-state index in [-0.39, 0.29) is 24.0 Å². The number of nitrogens with zero attached hydrogens (tertiary/aromatic N) is 4. The number of rotatable bonds is 4. The maximum Gasteiger partial charge on any atom is 0.410 e. The Hall–Kier alpha value is -2.81. The number of hydrogen-bond donors (Lipinski definition) is 1. The van der Waals surface area contributed by atoms with Crippen LogP contribution in [0.4, 0.5) is 10.6 Å². The molecule has 2 amide bonds. The first-order chi connectivity index (χ1) is 15.7. The van der Waals surface area contributed by atoms with Crippen LogP contribution in [0.25, 0.3) is 0 Å². The predicted octanol–water partition coefficient (Wildman–Crippen LogP) is 3.85. The minimum atomic E-state index is -0.504. The van der Waals surface area contributed by atoms with Gasteiger partial charge in [-0.05, 0) is 64.3 Å². The molecule has 9 nitrogen and oxygen atoms in total. The lowest BCUT2D eigenvalue weighted by Crippen LogP contribution is -2.41. The number of anilines is 1. The number of hydrogen-bond acceptors (Lipinski definition) is 7. The summed E-state index contributed by atoms with van der Waals surface area (Å²) in [5, 5.41) is 11.4. The molecular weight excluding hydrogens is 446 g/mol. The van der Waals surface area contributed by atoms with Gasteiger partial charge in [0.25, 0.3) is 5.91 Å². The minimum absolute atomic E-state index is 0.000551. The fourth-order valence-corrected chi connectivity index (χ4v) is 4.29. The normalized spacial score (nSPS) is 19.6. The van der Waals surface area contributed by atoms with Crippen LogP contribution >= 0.6 is 11.6 Å². The monoisotopic (exact) mass is 475 g/mol. The van der Waals surface area contributed by atoms with Gasteiger partial charge in [0.15, 0.2) is 16.7 Å². The van der Waals surface area contributed by atoms with Gasteiger partial charge in [-0.2, -0.15) is 0 Å². The zero-order valence-corrected chi connectivity index (χ0v) is 20.0. The molecule has 2 saturated heterocycles. The molecule has 1 atom stereocenters. The molecule has 2 aliphatic heterocycles. The molecule has 2 aliphatic rings. The second-order valence-corrected chi connectivity index (χ2v) is 9.95. The van der Waals surface area contributed by atoms with Crippen LogP contribution in [-0.4, -0.2) is 64.9 Å². The predicted molar refractivity (Wildman–Crippen MR) is 124 cm³/mol. The number of likely N-dealkylation sites (tertiary alicyclic amines) is 1. The summed E-state index contributed by atoms with van der Waals surface area (Å²) in [5.41, 5.74) is -0.504. The summed E-state index contributed by atoms with van der Waals surface area (Å²) < 4.78 is 11.4. The van der Waals surface area contributed by atoms with Gasteiger partial charge < -0.3 is 24.3 Å². The first-order valence-corrected chi connectivity index (χ1v) is 11.7. The van der Waals surface area contributed by atoms with E-state index < -0.39 is 5.60 Å². The molecular formula is C23H30ClN5O4. The quantitative estimate of drug-likeness (QED) is 0.716. The molecule has 0 bridgehead atoms. The van der Waals surface area contributed by atoms with Gasteiger partial charge in [-0.3, -0.25) is 4.79 Å². The van der Waals surface area contributed by atoms with Crippen molar-refractivity contribution in [3.05, 3.63) is 40.9 Å². The summed E-state index contributed by atoms with van der Waals surface area (Å²) in [6.07, 6.45) is 2.07. The summed E-state index contributed by atoms with van der Waals surface area (Å²) in [5.74, 6) is 1.80. The lowest BCUT2D eigenvalue weighted by molar-refractivity contribution is 0.0200. The highest BCUT2D eigenvalue weighted by Gasteiger charge is 2.30. The Morgan fingerprint density at radius 2 is 1.85 bits per heavy atom. The van der Waals surface area contributed by atoms with Crippen molar-refractivity contribution in [1.82, 2.24) is 20.4 Å². The highest BCUT2D eigenvalue weighted by atomic mass is 35.5. The van der Waals surface area contributed by atoms with Crippen molar-refractivity contribution >= 4 is 29.4 Å². The van der Waals surface area contributed by atoms with Crippen molar-refractivity contribution in [2.75, 3.05) is 31.1 Å². The molecule has 2 aromatic rings. The number of ether oxygens (including phenoxy) is 1. The first-order valence-electron chi connectivity index (χ1n) is 11.3. The molecule has 0 aliphatic carbocycles. The topological polar surface area (TPSA) is 101 Å². The van der Waals surface area contributed by atoms with E-state index in [1.807, 2.05) is 32.9 Å². The molecule has 0 aromatic carbocycles. The maximum atomic E-state index is 12.7. The third-order valence-electron chi connectivity index (χ3n) is 5.86. The van der Waals surface area contributed by atoms with E-state index in [9.17, 15) is 9.59 Å². The molecule has 0 spiro atoms. The Morgan fingerprint density at radius 1 is 1.09 bits per heavy atom. The largest absolute Gasteiger partial charge is 0.456 e. The Morgan fingerprint density at radius 3 is 2.52 bits per heavy atom. The molecule has 10 heteroatoms. The second kappa shape index (κ2) is 9.59. The molecule has 33 heavy (non-hydrogen) atoms. The van der Waals surface area contributed by atoms with E-state index in [2.05, 4.69) is 20.4 Å². The van der Waals surface area contributed by atoms with E-state index in [1.54, 1.807) is 17.0 Å². The van der Waals surface area contributed by atoms with E-state index >= 15 is 0 Å². The van der Waals surface area contributed by atoms with E-state index in [0.717, 1.165) is 37.4 Å². The zero-order chi connectivity index (χ0) is 23.6. The molecule has 4 heterocycles. The summed E-state index contributed by atoms with van der Waals surface area (Å²) in [6, 6.07) is 7.13. The highest BCUT2D eigenvalue weighted by Crippen LogP contribution is 2.30. The van der Waals surface area contributed by atoms with Crippen molar-refractivity contribution in [1.29, 1.82) is 0 Å². The van der Waals surface area contributed by atoms with Crippen LogP contribution in [0.5, 0.6) is 0 Å². The van der Waals surface area contributed by atoms with Gasteiger partial charge in [0.2, 0.25) is 0 Å². The molecule has 4 rings (SSSR count).